The van der Waals surface area contributed by atoms with Gasteiger partial charge in [0.1, 0.15) is 6.73 Å². The van der Waals surface area contributed by atoms with E-state index >= 15 is 0 Å². The number of methoxy groups -OCH3 is 1. The number of benzene rings is 2. The third kappa shape index (κ3) is 3.56. The molecular formula is C20H22N2O3. The zero-order chi connectivity index (χ0) is 17.8. The average Bonchev–Trinajstić information content (AvgIpc) is 2.61. The molecule has 1 heterocycles. The fourth-order valence-electron chi connectivity index (χ4n) is 3.17. The quantitative estimate of drug-likeness (QED) is 0.752. The second-order valence-electron chi connectivity index (χ2n) is 6.14. The second kappa shape index (κ2) is 7.49. The molecule has 1 aromatic heterocycles. The Morgan fingerprint density at radius 1 is 1.08 bits per heavy atom. The molecule has 0 radical (unpaired) electrons. The third-order valence-corrected chi connectivity index (χ3v) is 4.36. The average molecular weight is 338 g/mol. The molecule has 1 N–H and O–H groups in total. The Morgan fingerprint density at radius 3 is 2.56 bits per heavy atom. The summed E-state index contributed by atoms with van der Waals surface area (Å²) in [4.78, 5) is 26.9. The van der Waals surface area contributed by atoms with Crippen LogP contribution in [0.1, 0.15) is 30.2 Å². The van der Waals surface area contributed by atoms with Crippen molar-refractivity contribution < 1.29 is 4.74 Å². The van der Waals surface area contributed by atoms with Gasteiger partial charge in [0.15, 0.2) is 0 Å². The number of aromatic nitrogens is 2. The molecule has 3 rings (SSSR count). The van der Waals surface area contributed by atoms with Gasteiger partial charge in [0.25, 0.3) is 5.56 Å². The zero-order valence-electron chi connectivity index (χ0n) is 14.5. The lowest BCUT2D eigenvalue weighted by atomic mass is 10.00. The highest BCUT2D eigenvalue weighted by Crippen LogP contribution is 2.19. The van der Waals surface area contributed by atoms with Crippen LogP contribution in [-0.4, -0.2) is 16.7 Å². The molecule has 3 aromatic rings. The number of nitrogens with one attached hydrogen (secondary N) is 1. The molecule has 25 heavy (non-hydrogen) atoms. The van der Waals surface area contributed by atoms with Gasteiger partial charge in [-0.25, -0.2) is 4.79 Å². The van der Waals surface area contributed by atoms with Gasteiger partial charge in [-0.2, -0.15) is 0 Å². The molecule has 0 aliphatic rings. The first-order chi connectivity index (χ1) is 12.1. The lowest BCUT2D eigenvalue weighted by Crippen LogP contribution is -2.36. The molecule has 0 saturated carbocycles. The molecule has 5 nitrogen and oxygen atoms in total. The maximum Gasteiger partial charge on any atom is 0.330 e. The van der Waals surface area contributed by atoms with Crippen molar-refractivity contribution in [3.8, 4) is 0 Å². The summed E-state index contributed by atoms with van der Waals surface area (Å²) >= 11 is 0. The molecule has 5 heteroatoms. The van der Waals surface area contributed by atoms with Crippen LogP contribution in [0.25, 0.3) is 10.8 Å². The molecule has 0 aliphatic heterocycles. The number of ether oxygens (including phenoxy) is 1. The normalized spacial score (nSPS) is 11.1. The monoisotopic (exact) mass is 338 g/mol. The summed E-state index contributed by atoms with van der Waals surface area (Å²) in [6.07, 6.45) is 1.98. The number of hydrogen-bond donors (Lipinski definition) is 1. The fourth-order valence-corrected chi connectivity index (χ4v) is 3.17. The smallest absolute Gasteiger partial charge is 0.330 e. The Morgan fingerprint density at radius 2 is 1.84 bits per heavy atom. The van der Waals surface area contributed by atoms with Gasteiger partial charge in [-0.15, -0.1) is 0 Å². The van der Waals surface area contributed by atoms with Crippen LogP contribution < -0.4 is 11.2 Å². The van der Waals surface area contributed by atoms with Gasteiger partial charge in [-0.1, -0.05) is 55.8 Å². The fraction of sp³-hybridized carbons (Fsp3) is 0.300. The van der Waals surface area contributed by atoms with E-state index in [0.29, 0.717) is 18.4 Å². The molecule has 0 atom stereocenters. The van der Waals surface area contributed by atoms with E-state index in [2.05, 4.69) is 29.2 Å². The minimum atomic E-state index is -0.428. The van der Waals surface area contributed by atoms with Gasteiger partial charge in [0.2, 0.25) is 0 Å². The van der Waals surface area contributed by atoms with Crippen LogP contribution in [0.4, 0.5) is 0 Å². The number of fused-ring (bicyclic) bond motifs is 1. The van der Waals surface area contributed by atoms with Crippen molar-refractivity contribution in [3.05, 3.63) is 80.1 Å². The standard InChI is InChI=1S/C20H22N2O3/c1-3-6-17-18(22(13-25-2)20(24)21-19(17)23)12-14-9-10-15-7-4-5-8-16(15)11-14/h4-5,7-11H,3,6,12-13H2,1-2H3,(H,21,23,24). The molecule has 2 aromatic carbocycles. The van der Waals surface area contributed by atoms with Crippen LogP contribution in [-0.2, 0) is 24.3 Å². The molecule has 0 unspecified atom stereocenters. The van der Waals surface area contributed by atoms with Crippen LogP contribution >= 0.6 is 0 Å². The minimum Gasteiger partial charge on any atom is -0.364 e. The first kappa shape index (κ1) is 17.2. The third-order valence-electron chi connectivity index (χ3n) is 4.36. The van der Waals surface area contributed by atoms with E-state index in [0.717, 1.165) is 23.1 Å². The number of nitrogens with zero attached hydrogens (tertiary/aromatic N) is 1. The largest absolute Gasteiger partial charge is 0.364 e. The topological polar surface area (TPSA) is 64.1 Å². The van der Waals surface area contributed by atoms with Gasteiger partial charge in [0, 0.05) is 24.8 Å². The summed E-state index contributed by atoms with van der Waals surface area (Å²) in [5.74, 6) is 0. The zero-order valence-corrected chi connectivity index (χ0v) is 14.5. The number of H-pyrrole nitrogens is 1. The lowest BCUT2D eigenvalue weighted by Gasteiger charge is -2.16. The summed E-state index contributed by atoms with van der Waals surface area (Å²) < 4.78 is 6.69. The molecule has 0 aliphatic carbocycles. The van der Waals surface area contributed by atoms with Crippen LogP contribution in [0, 0.1) is 0 Å². The predicted molar refractivity (Wildman–Crippen MR) is 99.1 cm³/mol. The van der Waals surface area contributed by atoms with Crippen molar-refractivity contribution in [2.75, 3.05) is 7.11 Å². The van der Waals surface area contributed by atoms with E-state index < -0.39 is 5.69 Å². The van der Waals surface area contributed by atoms with Crippen molar-refractivity contribution in [3.63, 3.8) is 0 Å². The summed E-state index contributed by atoms with van der Waals surface area (Å²) in [5, 5.41) is 2.31. The Kier molecular flexibility index (Phi) is 5.14. The molecule has 0 fully saturated rings. The van der Waals surface area contributed by atoms with Gasteiger partial charge in [-0.3, -0.25) is 14.3 Å². The van der Waals surface area contributed by atoms with Gasteiger partial charge < -0.3 is 4.74 Å². The SMILES string of the molecule is CCCc1c(Cc2ccc3ccccc3c2)n(COC)c(=O)[nH]c1=O. The van der Waals surface area contributed by atoms with E-state index in [1.807, 2.05) is 25.1 Å². The van der Waals surface area contributed by atoms with Crippen molar-refractivity contribution in [1.82, 2.24) is 9.55 Å². The molecule has 0 bridgehead atoms. The Bertz CT molecular complexity index is 963. The Labute approximate surface area is 145 Å². The van der Waals surface area contributed by atoms with E-state index in [4.69, 9.17) is 4.74 Å². The van der Waals surface area contributed by atoms with E-state index in [1.54, 1.807) is 0 Å². The molecule has 130 valence electrons. The summed E-state index contributed by atoms with van der Waals surface area (Å²) in [6, 6.07) is 14.4. The molecule has 0 amide bonds. The molecule has 0 saturated heterocycles. The van der Waals surface area contributed by atoms with Crippen molar-refractivity contribution >= 4 is 10.8 Å². The highest BCUT2D eigenvalue weighted by molar-refractivity contribution is 5.83. The predicted octanol–water partition coefficient (Wildman–Crippen LogP) is 2.84. The summed E-state index contributed by atoms with van der Waals surface area (Å²) in [6.45, 7) is 2.14. The van der Waals surface area contributed by atoms with Crippen LogP contribution in [0.5, 0.6) is 0 Å². The number of hydrogen-bond acceptors (Lipinski definition) is 3. The van der Waals surface area contributed by atoms with Crippen molar-refractivity contribution in [2.45, 2.75) is 32.9 Å². The summed E-state index contributed by atoms with van der Waals surface area (Å²) in [5.41, 5.74) is 1.73. The molecule has 0 spiro atoms. The van der Waals surface area contributed by atoms with Gasteiger partial charge in [-0.05, 0) is 22.8 Å². The van der Waals surface area contributed by atoms with E-state index in [-0.39, 0.29) is 12.3 Å². The summed E-state index contributed by atoms with van der Waals surface area (Å²) in [7, 11) is 1.54. The minimum absolute atomic E-state index is 0.120. The second-order valence-corrected chi connectivity index (χ2v) is 6.14. The van der Waals surface area contributed by atoms with Crippen LogP contribution in [0.15, 0.2) is 52.1 Å². The van der Waals surface area contributed by atoms with Crippen LogP contribution in [0.2, 0.25) is 0 Å². The highest BCUT2D eigenvalue weighted by Gasteiger charge is 2.15. The van der Waals surface area contributed by atoms with E-state index in [9.17, 15) is 9.59 Å². The Balaban J connectivity index is 2.12. The van der Waals surface area contributed by atoms with Crippen molar-refractivity contribution in [2.24, 2.45) is 0 Å². The van der Waals surface area contributed by atoms with E-state index in [1.165, 1.54) is 17.1 Å². The number of aromatic amines is 1. The first-order valence-corrected chi connectivity index (χ1v) is 8.45. The maximum absolute atomic E-state index is 12.3. The van der Waals surface area contributed by atoms with Crippen molar-refractivity contribution in [1.29, 1.82) is 0 Å². The highest BCUT2D eigenvalue weighted by atomic mass is 16.5. The maximum atomic E-state index is 12.3. The first-order valence-electron chi connectivity index (χ1n) is 8.45. The van der Waals surface area contributed by atoms with Crippen LogP contribution in [0.3, 0.4) is 0 Å². The number of rotatable bonds is 6. The van der Waals surface area contributed by atoms with Gasteiger partial charge in [0.05, 0.1) is 0 Å². The van der Waals surface area contributed by atoms with Gasteiger partial charge >= 0.3 is 5.69 Å². The molecular weight excluding hydrogens is 316 g/mol. The Hall–Kier alpha value is -2.66. The lowest BCUT2D eigenvalue weighted by molar-refractivity contribution is 0.124.